The first-order valence-corrected chi connectivity index (χ1v) is 10.5. The van der Waals surface area contributed by atoms with Gasteiger partial charge in [0.25, 0.3) is 0 Å². The Kier molecular flexibility index (Phi) is 6.37. The molecule has 2 fully saturated rings. The van der Waals surface area contributed by atoms with Gasteiger partial charge in [-0.2, -0.15) is 0 Å². The number of urea groups is 1. The fourth-order valence-corrected chi connectivity index (χ4v) is 4.09. The predicted molar refractivity (Wildman–Crippen MR) is 114 cm³/mol. The second kappa shape index (κ2) is 9.15. The van der Waals surface area contributed by atoms with E-state index in [-0.39, 0.29) is 12.1 Å². The molecule has 0 aliphatic carbocycles. The van der Waals surface area contributed by atoms with E-state index in [4.69, 9.17) is 32.9 Å². The lowest BCUT2D eigenvalue weighted by atomic mass is 9.96. The number of carbonyl (C=O) groups is 1. The molecule has 0 bridgehead atoms. The van der Waals surface area contributed by atoms with E-state index < -0.39 is 0 Å². The number of nitrogens with zero attached hydrogens (tertiary/aromatic N) is 3. The molecular weight excluding hydrogens is 413 g/mol. The Balaban J connectivity index is 1.34. The summed E-state index contributed by atoms with van der Waals surface area (Å²) in [4.78, 5) is 23.7. The number of amides is 2. The second-order valence-corrected chi connectivity index (χ2v) is 8.08. The van der Waals surface area contributed by atoms with Crippen molar-refractivity contribution in [3.63, 3.8) is 0 Å². The normalized spacial score (nSPS) is 19.9. The Morgan fingerprint density at radius 2 is 2.00 bits per heavy atom. The summed E-state index contributed by atoms with van der Waals surface area (Å²) in [5.41, 5.74) is 1.56. The van der Waals surface area contributed by atoms with Crippen LogP contribution in [0.2, 0.25) is 10.0 Å². The van der Waals surface area contributed by atoms with Crippen molar-refractivity contribution in [3.8, 4) is 0 Å². The zero-order valence-corrected chi connectivity index (χ0v) is 17.4. The fraction of sp³-hybridized carbons (Fsp3) is 0.450. The molecule has 0 spiro atoms. The monoisotopic (exact) mass is 435 g/mol. The molecule has 2 aliphatic rings. The third-order valence-corrected chi connectivity index (χ3v) is 6.13. The van der Waals surface area contributed by atoms with Gasteiger partial charge in [0.05, 0.1) is 15.7 Å². The summed E-state index contributed by atoms with van der Waals surface area (Å²) in [5, 5.41) is 6.47. The van der Waals surface area contributed by atoms with Gasteiger partial charge in [-0.1, -0.05) is 29.3 Å². The predicted octanol–water partition coefficient (Wildman–Crippen LogP) is 4.08. The molecule has 7 nitrogen and oxygen atoms in total. The summed E-state index contributed by atoms with van der Waals surface area (Å²) < 4.78 is 5.44. The van der Waals surface area contributed by atoms with E-state index >= 15 is 0 Å². The average Bonchev–Trinajstić information content (AvgIpc) is 3.20. The van der Waals surface area contributed by atoms with Gasteiger partial charge < -0.3 is 20.3 Å². The molecule has 154 valence electrons. The number of benzene rings is 1. The standard InChI is InChI=1S/C20H23Cl2N5O2/c21-15-2-1-3-17(18(15)22)26-20(28)24-14-5-9-27(12-14)19-23-8-4-16(25-19)13-6-10-29-11-7-13/h1-4,8,13-14H,5-7,9-12H2,(H2,24,26,28). The largest absolute Gasteiger partial charge is 0.381 e. The summed E-state index contributed by atoms with van der Waals surface area (Å²) in [6.45, 7) is 3.02. The van der Waals surface area contributed by atoms with Crippen molar-refractivity contribution in [2.24, 2.45) is 0 Å². The van der Waals surface area contributed by atoms with Crippen LogP contribution in [0.3, 0.4) is 0 Å². The Labute approximate surface area is 179 Å². The minimum atomic E-state index is -0.308. The van der Waals surface area contributed by atoms with Crippen LogP contribution in [0.4, 0.5) is 16.4 Å². The summed E-state index contributed by atoms with van der Waals surface area (Å²) >= 11 is 12.1. The third-order valence-electron chi connectivity index (χ3n) is 5.31. The van der Waals surface area contributed by atoms with Crippen LogP contribution < -0.4 is 15.5 Å². The highest BCUT2D eigenvalue weighted by Gasteiger charge is 2.27. The van der Waals surface area contributed by atoms with Crippen LogP contribution in [0.15, 0.2) is 30.5 Å². The van der Waals surface area contributed by atoms with Gasteiger partial charge in [0.2, 0.25) is 5.95 Å². The lowest BCUT2D eigenvalue weighted by Gasteiger charge is -2.23. The first kappa shape index (κ1) is 20.2. The average molecular weight is 436 g/mol. The SMILES string of the molecule is O=C(Nc1cccc(Cl)c1Cl)NC1CCN(c2nccc(C3CCOCC3)n2)C1. The highest BCUT2D eigenvalue weighted by Crippen LogP contribution is 2.30. The molecule has 2 aromatic rings. The number of halogens is 2. The molecule has 2 aliphatic heterocycles. The molecule has 4 rings (SSSR count). The number of hydrogen-bond acceptors (Lipinski definition) is 5. The smallest absolute Gasteiger partial charge is 0.319 e. The van der Waals surface area contributed by atoms with Gasteiger partial charge >= 0.3 is 6.03 Å². The van der Waals surface area contributed by atoms with Gasteiger partial charge in [-0.15, -0.1) is 0 Å². The maximum atomic E-state index is 12.4. The van der Waals surface area contributed by atoms with Gasteiger partial charge in [-0.25, -0.2) is 14.8 Å². The zero-order valence-electron chi connectivity index (χ0n) is 15.9. The first-order valence-electron chi connectivity index (χ1n) is 9.77. The molecule has 0 saturated carbocycles. The van der Waals surface area contributed by atoms with Gasteiger partial charge in [0.1, 0.15) is 0 Å². The third kappa shape index (κ3) is 4.91. The molecule has 0 radical (unpaired) electrons. The van der Waals surface area contributed by atoms with Crippen molar-refractivity contribution in [1.82, 2.24) is 15.3 Å². The molecule has 29 heavy (non-hydrogen) atoms. The number of ether oxygens (including phenoxy) is 1. The van der Waals surface area contributed by atoms with Crippen LogP contribution in [0, 0.1) is 0 Å². The topological polar surface area (TPSA) is 79.4 Å². The van der Waals surface area contributed by atoms with Crippen molar-refractivity contribution >= 4 is 40.9 Å². The fourth-order valence-electron chi connectivity index (χ4n) is 3.74. The maximum Gasteiger partial charge on any atom is 0.319 e. The summed E-state index contributed by atoms with van der Waals surface area (Å²) in [7, 11) is 0. The molecule has 2 amide bonds. The van der Waals surface area contributed by atoms with Crippen molar-refractivity contribution in [3.05, 3.63) is 46.2 Å². The Bertz CT molecular complexity index is 876. The summed E-state index contributed by atoms with van der Waals surface area (Å²) in [6, 6.07) is 6.82. The number of hydrogen-bond donors (Lipinski definition) is 2. The van der Waals surface area contributed by atoms with E-state index in [0.29, 0.717) is 28.2 Å². The van der Waals surface area contributed by atoms with Crippen LogP contribution in [-0.2, 0) is 4.74 Å². The molecule has 1 aromatic carbocycles. The van der Waals surface area contributed by atoms with E-state index in [1.165, 1.54) is 0 Å². The number of rotatable bonds is 4. The number of anilines is 2. The van der Waals surface area contributed by atoms with Crippen LogP contribution >= 0.6 is 23.2 Å². The van der Waals surface area contributed by atoms with Crippen molar-refractivity contribution in [2.75, 3.05) is 36.5 Å². The molecule has 1 atom stereocenters. The minimum Gasteiger partial charge on any atom is -0.381 e. The molecule has 1 aromatic heterocycles. The van der Waals surface area contributed by atoms with Crippen LogP contribution in [-0.4, -0.2) is 48.3 Å². The van der Waals surface area contributed by atoms with Gasteiger partial charge in [-0.3, -0.25) is 0 Å². The van der Waals surface area contributed by atoms with Crippen molar-refractivity contribution < 1.29 is 9.53 Å². The van der Waals surface area contributed by atoms with E-state index in [0.717, 1.165) is 50.7 Å². The lowest BCUT2D eigenvalue weighted by molar-refractivity contribution is 0.0845. The first-order chi connectivity index (χ1) is 14.1. The summed E-state index contributed by atoms with van der Waals surface area (Å²) in [6.07, 6.45) is 4.63. The number of carbonyl (C=O) groups excluding carboxylic acids is 1. The van der Waals surface area contributed by atoms with E-state index in [1.54, 1.807) is 18.2 Å². The molecule has 2 saturated heterocycles. The van der Waals surface area contributed by atoms with Crippen molar-refractivity contribution in [1.29, 1.82) is 0 Å². The minimum absolute atomic E-state index is 0.00305. The zero-order chi connectivity index (χ0) is 20.2. The van der Waals surface area contributed by atoms with Crippen LogP contribution in [0.1, 0.15) is 30.9 Å². The molecule has 1 unspecified atom stereocenters. The Morgan fingerprint density at radius 1 is 1.17 bits per heavy atom. The highest BCUT2D eigenvalue weighted by atomic mass is 35.5. The molecular formula is C20H23Cl2N5O2. The molecule has 3 heterocycles. The summed E-state index contributed by atoms with van der Waals surface area (Å²) in [5.74, 6) is 1.15. The van der Waals surface area contributed by atoms with Crippen LogP contribution in [0.25, 0.3) is 0 Å². The van der Waals surface area contributed by atoms with E-state index in [2.05, 4.69) is 20.5 Å². The number of aromatic nitrogens is 2. The molecule has 2 N–H and O–H groups in total. The highest BCUT2D eigenvalue weighted by molar-refractivity contribution is 6.43. The van der Waals surface area contributed by atoms with Crippen LogP contribution in [0.5, 0.6) is 0 Å². The lowest BCUT2D eigenvalue weighted by Crippen LogP contribution is -2.40. The quantitative estimate of drug-likeness (QED) is 0.755. The van der Waals surface area contributed by atoms with E-state index in [1.807, 2.05) is 12.3 Å². The number of nitrogens with one attached hydrogen (secondary N) is 2. The Hall–Kier alpha value is -2.09. The van der Waals surface area contributed by atoms with Crippen molar-refractivity contribution in [2.45, 2.75) is 31.2 Å². The van der Waals surface area contributed by atoms with Gasteiger partial charge in [0.15, 0.2) is 0 Å². The Morgan fingerprint density at radius 3 is 2.83 bits per heavy atom. The van der Waals surface area contributed by atoms with Gasteiger partial charge in [-0.05, 0) is 37.5 Å². The maximum absolute atomic E-state index is 12.4. The molecule has 9 heteroatoms. The van der Waals surface area contributed by atoms with E-state index in [9.17, 15) is 4.79 Å². The second-order valence-electron chi connectivity index (χ2n) is 7.30. The van der Waals surface area contributed by atoms with Gasteiger partial charge in [0, 0.05) is 50.2 Å².